The molecule has 1 saturated heterocycles. The lowest BCUT2D eigenvalue weighted by Gasteiger charge is -2.26. The molecule has 7 heteroatoms. The summed E-state index contributed by atoms with van der Waals surface area (Å²) in [5.41, 5.74) is -1.11. The van der Waals surface area contributed by atoms with Crippen molar-refractivity contribution in [3.63, 3.8) is 0 Å². The van der Waals surface area contributed by atoms with Gasteiger partial charge in [-0.25, -0.2) is 4.99 Å². The summed E-state index contributed by atoms with van der Waals surface area (Å²) in [5, 5.41) is 17.2. The number of halogens is 1. The van der Waals surface area contributed by atoms with Crippen molar-refractivity contribution in [3.8, 4) is 0 Å². The van der Waals surface area contributed by atoms with E-state index in [1.807, 2.05) is 26.0 Å². The minimum Gasteiger partial charge on any atom is -0.463 e. The van der Waals surface area contributed by atoms with Gasteiger partial charge in [-0.05, 0) is 58.8 Å². The molecule has 1 unspecified atom stereocenters. The van der Waals surface area contributed by atoms with Crippen molar-refractivity contribution in [2.75, 3.05) is 39.3 Å². The predicted octanol–water partition coefficient (Wildman–Crippen LogP) is 2.45. The third kappa shape index (κ3) is 7.53. The Labute approximate surface area is 168 Å². The third-order valence-electron chi connectivity index (χ3n) is 4.33. The lowest BCUT2D eigenvalue weighted by atomic mass is 10.0. The molecule has 1 aliphatic heterocycles. The normalized spacial score (nSPS) is 18.3. The predicted molar refractivity (Wildman–Crippen MR) is 113 cm³/mol. The molecule has 0 aromatic carbocycles. The van der Waals surface area contributed by atoms with Crippen molar-refractivity contribution >= 4 is 29.9 Å². The number of hydrogen-bond donors (Lipinski definition) is 3. The van der Waals surface area contributed by atoms with Crippen molar-refractivity contribution in [1.29, 1.82) is 0 Å². The largest absolute Gasteiger partial charge is 0.463 e. The van der Waals surface area contributed by atoms with Crippen LogP contribution in [0.4, 0.5) is 0 Å². The fraction of sp³-hybridized carbons (Fsp3) is 0.722. The van der Waals surface area contributed by atoms with Gasteiger partial charge >= 0.3 is 0 Å². The molecule has 0 bridgehead atoms. The van der Waals surface area contributed by atoms with Gasteiger partial charge in [-0.3, -0.25) is 0 Å². The Bertz CT molecular complexity index is 525. The van der Waals surface area contributed by atoms with Crippen LogP contribution in [0.2, 0.25) is 0 Å². The molecule has 1 aliphatic rings. The monoisotopic (exact) mass is 464 g/mol. The van der Waals surface area contributed by atoms with Gasteiger partial charge in [0.1, 0.15) is 17.1 Å². The summed E-state index contributed by atoms with van der Waals surface area (Å²) >= 11 is 0. The van der Waals surface area contributed by atoms with Gasteiger partial charge in [0.15, 0.2) is 5.96 Å². The van der Waals surface area contributed by atoms with Gasteiger partial charge in [0.05, 0.1) is 6.54 Å². The third-order valence-corrected chi connectivity index (χ3v) is 4.33. The van der Waals surface area contributed by atoms with Crippen LogP contribution in [0.3, 0.4) is 0 Å². The molecule has 1 aromatic rings. The van der Waals surface area contributed by atoms with Gasteiger partial charge < -0.3 is 25.1 Å². The van der Waals surface area contributed by atoms with Gasteiger partial charge in [0, 0.05) is 19.6 Å². The quantitative estimate of drug-likeness (QED) is 0.329. The molecule has 6 nitrogen and oxygen atoms in total. The Morgan fingerprint density at radius 1 is 1.28 bits per heavy atom. The molecule has 0 aliphatic carbocycles. The van der Waals surface area contributed by atoms with E-state index in [4.69, 9.17) is 4.42 Å². The van der Waals surface area contributed by atoms with E-state index in [0.717, 1.165) is 31.4 Å². The van der Waals surface area contributed by atoms with Crippen molar-refractivity contribution < 1.29 is 9.52 Å². The standard InChI is InChI=1S/C18H32N4O2.HI/c1-4-19-17(20-10-13-22-11-6-5-7-12-22)21-14-18(3,23)16-9-8-15(2)24-16;/h8-9,23H,4-7,10-14H2,1-3H3,(H2,19,20,21);1H. The lowest BCUT2D eigenvalue weighted by Crippen LogP contribution is -2.43. The van der Waals surface area contributed by atoms with E-state index >= 15 is 0 Å². The van der Waals surface area contributed by atoms with Crippen LogP contribution in [-0.4, -0.2) is 55.2 Å². The second-order valence-electron chi connectivity index (χ2n) is 6.71. The Hall–Kier alpha value is -0.800. The summed E-state index contributed by atoms with van der Waals surface area (Å²) in [6.45, 7) is 10.9. The number of guanidine groups is 1. The highest BCUT2D eigenvalue weighted by Crippen LogP contribution is 2.23. The number of aliphatic imine (C=N–C) groups is 1. The van der Waals surface area contributed by atoms with Gasteiger partial charge in [-0.1, -0.05) is 6.42 Å². The highest BCUT2D eigenvalue weighted by molar-refractivity contribution is 14.0. The van der Waals surface area contributed by atoms with Gasteiger partial charge in [-0.15, -0.1) is 24.0 Å². The first-order valence-electron chi connectivity index (χ1n) is 9.05. The number of nitrogens with zero attached hydrogens (tertiary/aromatic N) is 2. The summed E-state index contributed by atoms with van der Waals surface area (Å²) < 4.78 is 5.53. The average molecular weight is 464 g/mol. The molecule has 1 fully saturated rings. The van der Waals surface area contributed by atoms with Crippen LogP contribution in [0.25, 0.3) is 0 Å². The molecular weight excluding hydrogens is 431 g/mol. The summed E-state index contributed by atoms with van der Waals surface area (Å²) in [6.07, 6.45) is 3.97. The van der Waals surface area contributed by atoms with E-state index in [2.05, 4.69) is 20.5 Å². The van der Waals surface area contributed by atoms with Gasteiger partial charge in [0.25, 0.3) is 0 Å². The molecule has 144 valence electrons. The minimum atomic E-state index is -1.11. The van der Waals surface area contributed by atoms with Crippen molar-refractivity contribution in [2.45, 2.75) is 45.6 Å². The van der Waals surface area contributed by atoms with Crippen LogP contribution in [0.1, 0.15) is 44.6 Å². The first-order chi connectivity index (χ1) is 11.5. The zero-order valence-electron chi connectivity index (χ0n) is 15.7. The maximum atomic E-state index is 10.6. The van der Waals surface area contributed by atoms with Crippen LogP contribution in [0.5, 0.6) is 0 Å². The van der Waals surface area contributed by atoms with E-state index in [-0.39, 0.29) is 30.5 Å². The first-order valence-corrected chi connectivity index (χ1v) is 9.05. The molecule has 0 saturated carbocycles. The van der Waals surface area contributed by atoms with E-state index in [9.17, 15) is 5.11 Å². The number of likely N-dealkylation sites (tertiary alicyclic amines) is 1. The molecule has 1 aromatic heterocycles. The van der Waals surface area contributed by atoms with E-state index < -0.39 is 5.60 Å². The first kappa shape index (κ1) is 22.2. The molecule has 25 heavy (non-hydrogen) atoms. The smallest absolute Gasteiger partial charge is 0.191 e. The van der Waals surface area contributed by atoms with Crippen LogP contribution in [-0.2, 0) is 5.60 Å². The summed E-state index contributed by atoms with van der Waals surface area (Å²) in [7, 11) is 0. The minimum absolute atomic E-state index is 0. The van der Waals surface area contributed by atoms with Crippen molar-refractivity contribution in [1.82, 2.24) is 15.5 Å². The zero-order valence-corrected chi connectivity index (χ0v) is 18.0. The van der Waals surface area contributed by atoms with E-state index in [0.29, 0.717) is 5.76 Å². The molecule has 3 N–H and O–H groups in total. The maximum Gasteiger partial charge on any atom is 0.191 e. The summed E-state index contributed by atoms with van der Waals surface area (Å²) in [6, 6.07) is 3.66. The van der Waals surface area contributed by atoms with Crippen LogP contribution < -0.4 is 10.6 Å². The number of furan rings is 1. The van der Waals surface area contributed by atoms with E-state index in [1.165, 1.54) is 32.4 Å². The second-order valence-corrected chi connectivity index (χ2v) is 6.71. The van der Waals surface area contributed by atoms with Crippen LogP contribution in [0, 0.1) is 6.92 Å². The Kier molecular flexibility index (Phi) is 9.81. The topological polar surface area (TPSA) is 73.0 Å². The SMILES string of the molecule is CCNC(=NCC(C)(O)c1ccc(C)o1)NCCN1CCCCC1.I. The highest BCUT2D eigenvalue weighted by atomic mass is 127. The molecular formula is C18H33IN4O2. The number of rotatable bonds is 7. The molecule has 1 atom stereocenters. The summed E-state index contributed by atoms with van der Waals surface area (Å²) in [4.78, 5) is 7.01. The van der Waals surface area contributed by atoms with E-state index in [1.54, 1.807) is 6.92 Å². The number of nitrogens with one attached hydrogen (secondary N) is 2. The maximum absolute atomic E-state index is 10.6. The molecule has 0 radical (unpaired) electrons. The highest BCUT2D eigenvalue weighted by Gasteiger charge is 2.26. The van der Waals surface area contributed by atoms with Gasteiger partial charge in [-0.2, -0.15) is 0 Å². The lowest BCUT2D eigenvalue weighted by molar-refractivity contribution is 0.0428. The Morgan fingerprint density at radius 2 is 2.00 bits per heavy atom. The molecule has 0 spiro atoms. The average Bonchev–Trinajstić information content (AvgIpc) is 3.01. The number of piperidine rings is 1. The molecule has 0 amide bonds. The number of hydrogen-bond acceptors (Lipinski definition) is 4. The van der Waals surface area contributed by atoms with Crippen LogP contribution in [0.15, 0.2) is 21.5 Å². The van der Waals surface area contributed by atoms with Crippen molar-refractivity contribution in [3.05, 3.63) is 23.7 Å². The fourth-order valence-corrected chi connectivity index (χ4v) is 2.89. The number of aliphatic hydroxyl groups is 1. The van der Waals surface area contributed by atoms with Crippen molar-refractivity contribution in [2.24, 2.45) is 4.99 Å². The molecule has 2 rings (SSSR count). The zero-order chi connectivity index (χ0) is 17.4. The van der Waals surface area contributed by atoms with Crippen LogP contribution >= 0.6 is 24.0 Å². The van der Waals surface area contributed by atoms with Gasteiger partial charge in [0.2, 0.25) is 0 Å². The fourth-order valence-electron chi connectivity index (χ4n) is 2.89. The Balaban J connectivity index is 0.00000312. The Morgan fingerprint density at radius 3 is 2.60 bits per heavy atom. The summed E-state index contributed by atoms with van der Waals surface area (Å²) in [5.74, 6) is 2.08. The second kappa shape index (κ2) is 11.0. The molecule has 2 heterocycles. The number of aryl methyl sites for hydroxylation is 1.